The summed E-state index contributed by atoms with van der Waals surface area (Å²) in [6.07, 6.45) is 13.0. The molecule has 2 saturated heterocycles. The number of aliphatic hydroxyl groups is 6. The average molecular weight is 760 g/mol. The maximum absolute atomic E-state index is 14.3. The number of fused-ring (bicyclic) bond motifs is 6. The van der Waals surface area contributed by atoms with Gasteiger partial charge < -0.3 is 40.7 Å². The molecule has 5 aliphatic carbocycles. The van der Waals surface area contributed by atoms with Crippen molar-refractivity contribution in [1.29, 1.82) is 0 Å². The Bertz CT molecular complexity index is 1380. The Morgan fingerprint density at radius 3 is 2.52 bits per heavy atom. The van der Waals surface area contributed by atoms with Crippen molar-refractivity contribution >= 4 is 5.78 Å². The van der Waals surface area contributed by atoms with E-state index in [0.29, 0.717) is 56.8 Å². The van der Waals surface area contributed by atoms with E-state index < -0.39 is 58.3 Å². The van der Waals surface area contributed by atoms with Crippen molar-refractivity contribution in [1.82, 2.24) is 0 Å². The van der Waals surface area contributed by atoms with Gasteiger partial charge in [-0.1, -0.05) is 40.0 Å². The molecule has 18 atom stereocenters. The van der Waals surface area contributed by atoms with Crippen LogP contribution in [0.25, 0.3) is 0 Å². The number of carbonyl (C=O) groups is 1. The maximum Gasteiger partial charge on any atom is 0.159 e. The predicted octanol–water partition coefficient (Wildman–Crippen LogP) is 3.47. The van der Waals surface area contributed by atoms with E-state index in [-0.39, 0.29) is 49.0 Å². The van der Waals surface area contributed by atoms with E-state index in [2.05, 4.69) is 26.1 Å². The van der Waals surface area contributed by atoms with Gasteiger partial charge in [-0.2, -0.15) is 0 Å². The summed E-state index contributed by atoms with van der Waals surface area (Å²) in [6, 6.07) is 0.283. The van der Waals surface area contributed by atoms with Crippen LogP contribution in [0.1, 0.15) is 143 Å². The second kappa shape index (κ2) is 15.7. The molecule has 0 aromatic heterocycles. The topological polar surface area (TPSA) is 190 Å². The molecule has 10 nitrogen and oxygen atoms in total. The number of ether oxygens (including phenoxy) is 1. The van der Waals surface area contributed by atoms with Gasteiger partial charge >= 0.3 is 0 Å². The number of aliphatic hydroxyl groups excluding tert-OH is 4. The first kappa shape index (κ1) is 41.2. The molecule has 2 heterocycles. The fourth-order valence-electron chi connectivity index (χ4n) is 14.5. The Morgan fingerprint density at radius 1 is 1.02 bits per heavy atom. The molecule has 0 spiro atoms. The highest BCUT2D eigenvalue weighted by molar-refractivity contribution is 5.95. The SMILES string of the molecule is CCC[C@H]1CC[C@@H]2[C@H](C)[C@H]([C@@H](O)[C@](C)(O)[C@@H]3CC[C@]4(O)C5=CC(=O)[C@H]6C[C@@H](O)[C@@H](O)C[C@]6(CCC6CCC(N)[NH2+]C6CCCO)[C@@H]5CC[C@]34C)O[C@@H]2CC1. The number of nitrogens with two attached hydrogens (primary N) is 2. The van der Waals surface area contributed by atoms with E-state index in [1.165, 1.54) is 19.3 Å². The van der Waals surface area contributed by atoms with Gasteiger partial charge in [0.25, 0.3) is 0 Å². The lowest BCUT2D eigenvalue weighted by atomic mass is 9.44. The third-order valence-corrected chi connectivity index (χ3v) is 17.6. The van der Waals surface area contributed by atoms with Crippen LogP contribution in [0.3, 0.4) is 0 Å². The first-order chi connectivity index (χ1) is 25.6. The zero-order valence-corrected chi connectivity index (χ0v) is 33.7. The van der Waals surface area contributed by atoms with Crippen molar-refractivity contribution in [3.63, 3.8) is 0 Å². The fraction of sp³-hybridized carbons (Fsp3) is 0.932. The Kier molecular flexibility index (Phi) is 12.0. The molecule has 0 bridgehead atoms. The Morgan fingerprint density at radius 2 is 1.78 bits per heavy atom. The summed E-state index contributed by atoms with van der Waals surface area (Å²) in [6.45, 7) is 8.40. The first-order valence-electron chi connectivity index (χ1n) is 22.2. The van der Waals surface area contributed by atoms with Crippen LogP contribution in [0, 0.1) is 52.3 Å². The summed E-state index contributed by atoms with van der Waals surface area (Å²) >= 11 is 0. The van der Waals surface area contributed by atoms with Crippen LogP contribution in [-0.2, 0) is 9.53 Å². The van der Waals surface area contributed by atoms with E-state index in [4.69, 9.17) is 10.5 Å². The minimum absolute atomic E-state index is 0.0417. The molecule has 308 valence electrons. The van der Waals surface area contributed by atoms with Crippen LogP contribution in [-0.4, -0.2) is 97.0 Å². The molecule has 7 aliphatic rings. The first-order valence-corrected chi connectivity index (χ1v) is 22.2. The molecular weight excluding hydrogens is 684 g/mol. The van der Waals surface area contributed by atoms with Gasteiger partial charge in [0.15, 0.2) is 5.78 Å². The summed E-state index contributed by atoms with van der Waals surface area (Å²) in [5, 5.41) is 71.9. The van der Waals surface area contributed by atoms with Gasteiger partial charge in [0.05, 0.1) is 41.7 Å². The van der Waals surface area contributed by atoms with E-state index in [9.17, 15) is 35.4 Å². The number of piperidine rings is 1. The molecule has 10 heteroatoms. The van der Waals surface area contributed by atoms with Gasteiger partial charge in [-0.3, -0.25) is 10.5 Å². The van der Waals surface area contributed by atoms with Gasteiger partial charge in [0.1, 0.15) is 12.3 Å². The molecule has 54 heavy (non-hydrogen) atoms. The minimum Gasteiger partial charge on any atom is -0.396 e. The van der Waals surface area contributed by atoms with Crippen molar-refractivity contribution in [2.24, 2.45) is 58.0 Å². The van der Waals surface area contributed by atoms with Crippen molar-refractivity contribution in [3.8, 4) is 0 Å². The highest BCUT2D eigenvalue weighted by Gasteiger charge is 2.70. The molecule has 4 saturated carbocycles. The number of carbonyl (C=O) groups excluding carboxylic acids is 1. The summed E-state index contributed by atoms with van der Waals surface area (Å²) in [4.78, 5) is 14.3. The van der Waals surface area contributed by atoms with Crippen molar-refractivity contribution in [2.75, 3.05) is 6.61 Å². The molecular formula is C44H75N2O8+. The Labute approximate surface area is 324 Å². The van der Waals surface area contributed by atoms with Crippen LogP contribution in [0.2, 0.25) is 0 Å². The van der Waals surface area contributed by atoms with E-state index in [1.807, 2.05) is 0 Å². The monoisotopic (exact) mass is 760 g/mol. The van der Waals surface area contributed by atoms with Crippen LogP contribution < -0.4 is 11.1 Å². The predicted molar refractivity (Wildman–Crippen MR) is 206 cm³/mol. The molecule has 0 aromatic rings. The third-order valence-electron chi connectivity index (χ3n) is 17.6. The summed E-state index contributed by atoms with van der Waals surface area (Å²) in [5.74, 6) is 0.526. The van der Waals surface area contributed by atoms with Gasteiger partial charge in [0.2, 0.25) is 0 Å². The smallest absolute Gasteiger partial charge is 0.159 e. The third kappa shape index (κ3) is 6.81. The molecule has 0 amide bonds. The summed E-state index contributed by atoms with van der Waals surface area (Å²) in [7, 11) is 0. The second-order valence-corrected chi connectivity index (χ2v) is 20.2. The standard InChI is InChI=1S/C44H74N2O8/c1-5-7-26-9-12-28-25(2)39(54-36(28)13-10-26)40(51)42(4,52)37-17-20-44(53)30-22-33(48)31-23-34(49)35(50)24-43(31,29(30)16-18-41(37,44)3)19-15-27-11-14-38(45)46-32(27)8-6-21-47/h22,25-29,31-32,34-40,46-47,49-53H,5-21,23-24,45H2,1-4H3/p+1/t25-,26-,27?,28+,29+,31+,32?,34+,35-,36+,37+,38?,39+,40+,41+,42+,43+,44-/m0/s1. The summed E-state index contributed by atoms with van der Waals surface area (Å²) in [5.41, 5.74) is 2.85. The number of rotatable bonds is 11. The maximum atomic E-state index is 14.3. The quantitative estimate of drug-likeness (QED) is 0.156. The lowest BCUT2D eigenvalue weighted by molar-refractivity contribution is -0.737. The highest BCUT2D eigenvalue weighted by atomic mass is 16.5. The lowest BCUT2D eigenvalue weighted by Gasteiger charge is -2.62. The fourth-order valence-corrected chi connectivity index (χ4v) is 14.5. The van der Waals surface area contributed by atoms with Crippen molar-refractivity contribution in [3.05, 3.63) is 11.6 Å². The van der Waals surface area contributed by atoms with Crippen LogP contribution in [0.5, 0.6) is 0 Å². The normalized spacial score (nSPS) is 49.5. The molecule has 10 N–H and O–H groups in total. The van der Waals surface area contributed by atoms with Gasteiger partial charge in [-0.25, -0.2) is 0 Å². The minimum atomic E-state index is -1.52. The number of allylic oxidation sites excluding steroid dienone is 1. The van der Waals surface area contributed by atoms with Gasteiger partial charge in [-0.05, 0) is 137 Å². The zero-order valence-electron chi connectivity index (χ0n) is 33.7. The highest BCUT2D eigenvalue weighted by Crippen LogP contribution is 2.70. The lowest BCUT2D eigenvalue weighted by Crippen LogP contribution is -3.00. The van der Waals surface area contributed by atoms with E-state index in [1.54, 1.807) is 13.0 Å². The van der Waals surface area contributed by atoms with Crippen LogP contribution in [0.4, 0.5) is 0 Å². The average Bonchev–Trinajstić information content (AvgIpc) is 3.51. The molecule has 6 fully saturated rings. The number of hydrogen-bond donors (Lipinski definition) is 8. The Hall–Kier alpha value is -0.950. The van der Waals surface area contributed by atoms with Crippen LogP contribution >= 0.6 is 0 Å². The van der Waals surface area contributed by atoms with E-state index in [0.717, 1.165) is 56.4 Å². The van der Waals surface area contributed by atoms with Crippen molar-refractivity contribution in [2.45, 2.75) is 197 Å². The van der Waals surface area contributed by atoms with Crippen LogP contribution in [0.15, 0.2) is 11.6 Å². The molecule has 7 rings (SSSR count). The molecule has 0 aromatic carbocycles. The van der Waals surface area contributed by atoms with Crippen molar-refractivity contribution < 1.29 is 45.5 Å². The van der Waals surface area contributed by atoms with Gasteiger partial charge in [-0.15, -0.1) is 0 Å². The Balaban J connectivity index is 1.14. The summed E-state index contributed by atoms with van der Waals surface area (Å²) < 4.78 is 6.69. The second-order valence-electron chi connectivity index (χ2n) is 20.2. The molecule has 3 unspecified atom stereocenters. The zero-order chi connectivity index (χ0) is 38.8. The largest absolute Gasteiger partial charge is 0.396 e. The van der Waals surface area contributed by atoms with Gasteiger partial charge in [0, 0.05) is 36.7 Å². The number of ketones is 1. The number of quaternary nitrogens is 1. The molecule has 0 radical (unpaired) electrons. The molecule has 2 aliphatic heterocycles. The van der Waals surface area contributed by atoms with E-state index >= 15 is 0 Å². The number of hydrogen-bond acceptors (Lipinski definition) is 9.